The van der Waals surface area contributed by atoms with E-state index in [4.69, 9.17) is 10.9 Å². The van der Waals surface area contributed by atoms with Crippen LogP contribution in [0.15, 0.2) is 17.4 Å². The third-order valence-electron chi connectivity index (χ3n) is 1.73. The van der Waals surface area contributed by atoms with Crippen LogP contribution in [-0.2, 0) is 4.79 Å². The Kier molecular flexibility index (Phi) is 2.77. The normalized spacial score (nSPS) is 10.5. The average Bonchev–Trinajstić information content (AvgIpc) is 2.84. The Morgan fingerprint density at radius 1 is 1.62 bits per heavy atom. The van der Waals surface area contributed by atoms with Crippen molar-refractivity contribution in [3.05, 3.63) is 12.3 Å². The van der Waals surface area contributed by atoms with E-state index < -0.39 is 5.97 Å². The molecule has 0 spiro atoms. The van der Waals surface area contributed by atoms with Gasteiger partial charge in [0, 0.05) is 6.20 Å². The number of H-pyrrole nitrogens is 1. The molecular weight excluding hydrogens is 232 g/mol. The number of hydrogen-bond donors (Lipinski definition) is 3. The molecule has 0 atom stereocenters. The molecule has 0 fully saturated rings. The Bertz CT molecular complexity index is 493. The fourth-order valence-corrected chi connectivity index (χ4v) is 1.64. The van der Waals surface area contributed by atoms with E-state index in [2.05, 4.69) is 20.4 Å². The lowest BCUT2D eigenvalue weighted by molar-refractivity contribution is -0.133. The molecule has 2 heterocycles. The number of carbonyl (C=O) groups is 1. The molecule has 9 heteroatoms. The van der Waals surface area contributed by atoms with E-state index in [-0.39, 0.29) is 5.75 Å². The minimum Gasteiger partial charge on any atom is -0.481 e. The van der Waals surface area contributed by atoms with Crippen LogP contribution in [-0.4, -0.2) is 41.9 Å². The van der Waals surface area contributed by atoms with Gasteiger partial charge in [-0.15, -0.1) is 10.2 Å². The molecule has 0 aliphatic carbocycles. The molecule has 0 aliphatic heterocycles. The summed E-state index contributed by atoms with van der Waals surface area (Å²) in [5, 5.41) is 22.9. The van der Waals surface area contributed by atoms with Crippen molar-refractivity contribution in [3.63, 3.8) is 0 Å². The van der Waals surface area contributed by atoms with Gasteiger partial charge < -0.3 is 10.9 Å². The fourth-order valence-electron chi connectivity index (χ4n) is 1.07. The van der Waals surface area contributed by atoms with Crippen molar-refractivity contribution in [1.29, 1.82) is 0 Å². The third-order valence-corrected chi connectivity index (χ3v) is 2.66. The average molecular weight is 240 g/mol. The van der Waals surface area contributed by atoms with E-state index in [1.807, 2.05) is 0 Å². The molecule has 0 unspecified atom stereocenters. The molecule has 4 N–H and O–H groups in total. The zero-order chi connectivity index (χ0) is 11.5. The Labute approximate surface area is 93.8 Å². The zero-order valence-corrected chi connectivity index (χ0v) is 8.81. The molecule has 0 saturated carbocycles. The van der Waals surface area contributed by atoms with Crippen LogP contribution in [0, 0.1) is 0 Å². The van der Waals surface area contributed by atoms with Gasteiger partial charge in [-0.05, 0) is 6.07 Å². The van der Waals surface area contributed by atoms with Crippen molar-refractivity contribution in [3.8, 4) is 11.5 Å². The number of carboxylic acids is 1. The van der Waals surface area contributed by atoms with E-state index in [1.165, 1.54) is 4.68 Å². The first-order chi connectivity index (χ1) is 7.68. The highest BCUT2D eigenvalue weighted by Gasteiger charge is 2.13. The minimum absolute atomic E-state index is 0.113. The Morgan fingerprint density at radius 3 is 3.06 bits per heavy atom. The first-order valence-corrected chi connectivity index (χ1v) is 5.22. The van der Waals surface area contributed by atoms with Crippen LogP contribution >= 0.6 is 11.8 Å². The highest BCUT2D eigenvalue weighted by atomic mass is 32.2. The fraction of sp³-hybridized carbons (Fsp3) is 0.143. The maximum Gasteiger partial charge on any atom is 0.313 e. The summed E-state index contributed by atoms with van der Waals surface area (Å²) in [5.74, 6) is 5.07. The predicted molar refractivity (Wildman–Crippen MR) is 56.1 cm³/mol. The largest absolute Gasteiger partial charge is 0.481 e. The molecule has 0 aromatic carbocycles. The van der Waals surface area contributed by atoms with E-state index in [1.54, 1.807) is 12.3 Å². The number of nitrogens with one attached hydrogen (secondary N) is 1. The van der Waals surface area contributed by atoms with Crippen molar-refractivity contribution < 1.29 is 9.90 Å². The summed E-state index contributed by atoms with van der Waals surface area (Å²) in [7, 11) is 0. The molecule has 0 saturated heterocycles. The monoisotopic (exact) mass is 240 g/mol. The van der Waals surface area contributed by atoms with Crippen LogP contribution in [0.2, 0.25) is 0 Å². The Balaban J connectivity index is 2.21. The van der Waals surface area contributed by atoms with Gasteiger partial charge in [-0.25, -0.2) is 4.68 Å². The third kappa shape index (κ3) is 1.98. The number of aliphatic carboxylic acids is 1. The summed E-state index contributed by atoms with van der Waals surface area (Å²) >= 11 is 1.00. The summed E-state index contributed by atoms with van der Waals surface area (Å²) in [5.41, 5.74) is 0.622. The second-order valence-electron chi connectivity index (χ2n) is 2.83. The maximum atomic E-state index is 10.4. The summed E-state index contributed by atoms with van der Waals surface area (Å²) in [6.45, 7) is 0. The molecule has 8 nitrogen and oxygen atoms in total. The molecule has 0 aliphatic rings. The summed E-state index contributed by atoms with van der Waals surface area (Å²) in [6.07, 6.45) is 1.56. The lowest BCUT2D eigenvalue weighted by Crippen LogP contribution is -2.12. The number of nitrogens with two attached hydrogens (primary N) is 1. The molecule has 2 aromatic rings. The lowest BCUT2D eigenvalue weighted by Gasteiger charge is -1.99. The summed E-state index contributed by atoms with van der Waals surface area (Å²) in [4.78, 5) is 10.4. The van der Waals surface area contributed by atoms with Crippen LogP contribution in [0.25, 0.3) is 11.5 Å². The predicted octanol–water partition coefficient (Wildman–Crippen LogP) is -0.441. The van der Waals surface area contributed by atoms with Crippen LogP contribution in [0.4, 0.5) is 0 Å². The van der Waals surface area contributed by atoms with Gasteiger partial charge in [-0.3, -0.25) is 9.89 Å². The molecule has 0 bridgehead atoms. The lowest BCUT2D eigenvalue weighted by atomic mass is 10.4. The molecule has 0 amide bonds. The highest BCUT2D eigenvalue weighted by Crippen LogP contribution is 2.19. The number of aromatic nitrogens is 5. The van der Waals surface area contributed by atoms with Gasteiger partial charge in [-0.1, -0.05) is 11.8 Å². The van der Waals surface area contributed by atoms with E-state index in [9.17, 15) is 4.79 Å². The van der Waals surface area contributed by atoms with E-state index in [0.29, 0.717) is 16.7 Å². The van der Waals surface area contributed by atoms with Crippen molar-refractivity contribution in [2.45, 2.75) is 5.16 Å². The first kappa shape index (κ1) is 10.5. The number of thioether (sulfide) groups is 1. The van der Waals surface area contributed by atoms with Gasteiger partial charge >= 0.3 is 5.97 Å². The number of hydrogen-bond acceptors (Lipinski definition) is 6. The minimum atomic E-state index is -0.934. The SMILES string of the molecule is Nn1c(SCC(=O)O)nnc1-c1ccn[nH]1. The number of aromatic amines is 1. The van der Waals surface area contributed by atoms with Gasteiger partial charge in [0.05, 0.1) is 5.75 Å². The number of nitrogen functional groups attached to an aromatic ring is 1. The van der Waals surface area contributed by atoms with Crippen molar-refractivity contribution >= 4 is 17.7 Å². The van der Waals surface area contributed by atoms with Gasteiger partial charge in [0.2, 0.25) is 11.0 Å². The number of carboxylic acid groups (broad SMARTS) is 1. The van der Waals surface area contributed by atoms with Crippen LogP contribution in [0.5, 0.6) is 0 Å². The van der Waals surface area contributed by atoms with Crippen LogP contribution in [0.1, 0.15) is 0 Å². The number of rotatable bonds is 4. The second-order valence-corrected chi connectivity index (χ2v) is 3.77. The molecule has 2 rings (SSSR count). The number of nitrogens with zero attached hydrogens (tertiary/aromatic N) is 4. The summed E-state index contributed by atoms with van der Waals surface area (Å²) in [6, 6.07) is 1.69. The smallest absolute Gasteiger partial charge is 0.313 e. The topological polar surface area (TPSA) is 123 Å². The molecule has 0 radical (unpaired) electrons. The quantitative estimate of drug-likeness (QED) is 0.489. The molecular formula is C7H8N6O2S. The van der Waals surface area contributed by atoms with Crippen LogP contribution in [0.3, 0.4) is 0 Å². The standard InChI is InChI=1S/C7H8N6O2S/c8-13-6(4-1-2-9-10-4)11-12-7(13)16-3-5(14)15/h1-2H,3,8H2,(H,9,10)(H,14,15). The van der Waals surface area contributed by atoms with Crippen LogP contribution < -0.4 is 5.84 Å². The van der Waals surface area contributed by atoms with Gasteiger partial charge in [0.25, 0.3) is 0 Å². The summed E-state index contributed by atoms with van der Waals surface area (Å²) < 4.78 is 1.22. The highest BCUT2D eigenvalue weighted by molar-refractivity contribution is 7.99. The van der Waals surface area contributed by atoms with E-state index in [0.717, 1.165) is 11.8 Å². The Hall–Kier alpha value is -2.03. The van der Waals surface area contributed by atoms with Crippen molar-refractivity contribution in [2.24, 2.45) is 0 Å². The van der Waals surface area contributed by atoms with E-state index >= 15 is 0 Å². The van der Waals surface area contributed by atoms with Gasteiger partial charge in [-0.2, -0.15) is 5.10 Å². The maximum absolute atomic E-state index is 10.4. The van der Waals surface area contributed by atoms with Gasteiger partial charge in [0.15, 0.2) is 0 Å². The molecule has 84 valence electrons. The Morgan fingerprint density at radius 2 is 2.44 bits per heavy atom. The molecule has 2 aromatic heterocycles. The zero-order valence-electron chi connectivity index (χ0n) is 7.99. The first-order valence-electron chi connectivity index (χ1n) is 4.23. The van der Waals surface area contributed by atoms with Crippen molar-refractivity contribution in [1.82, 2.24) is 25.1 Å². The second kappa shape index (κ2) is 4.23. The van der Waals surface area contributed by atoms with Crippen molar-refractivity contribution in [2.75, 3.05) is 11.6 Å². The molecule has 16 heavy (non-hydrogen) atoms. The van der Waals surface area contributed by atoms with Gasteiger partial charge in [0.1, 0.15) is 5.69 Å².